The van der Waals surface area contributed by atoms with Gasteiger partial charge in [-0.05, 0) is 17.7 Å². The fourth-order valence-corrected chi connectivity index (χ4v) is 2.11. The van der Waals surface area contributed by atoms with Crippen molar-refractivity contribution in [3.63, 3.8) is 0 Å². The minimum Gasteiger partial charge on any atom is -0.395 e. The van der Waals surface area contributed by atoms with Crippen molar-refractivity contribution in [3.05, 3.63) is 29.8 Å². The van der Waals surface area contributed by atoms with E-state index in [-0.39, 0.29) is 6.61 Å². The molecule has 0 saturated carbocycles. The predicted molar refractivity (Wildman–Crippen MR) is 66.2 cm³/mol. The van der Waals surface area contributed by atoms with E-state index in [9.17, 15) is 0 Å². The lowest BCUT2D eigenvalue weighted by atomic mass is 10.2. The molecule has 15 heavy (non-hydrogen) atoms. The van der Waals surface area contributed by atoms with Gasteiger partial charge in [0, 0.05) is 23.2 Å². The highest BCUT2D eigenvalue weighted by Crippen LogP contribution is 2.22. The van der Waals surface area contributed by atoms with Crippen molar-refractivity contribution in [2.45, 2.75) is 30.5 Å². The second kappa shape index (κ2) is 6.88. The average Bonchev–Trinajstić information content (AvgIpc) is 2.20. The molecule has 3 heteroatoms. The molecular formula is C12H19NOS. The number of nitrogens with one attached hydrogen (secondary N) is 1. The highest BCUT2D eigenvalue weighted by Gasteiger charge is 1.98. The topological polar surface area (TPSA) is 32.3 Å². The highest BCUT2D eigenvalue weighted by molar-refractivity contribution is 7.99. The summed E-state index contributed by atoms with van der Waals surface area (Å²) in [4.78, 5) is 1.32. The number of hydrogen-bond acceptors (Lipinski definition) is 3. The van der Waals surface area contributed by atoms with Gasteiger partial charge in [-0.2, -0.15) is 0 Å². The summed E-state index contributed by atoms with van der Waals surface area (Å²) in [6.45, 7) is 6.07. The maximum atomic E-state index is 8.62. The van der Waals surface area contributed by atoms with Gasteiger partial charge in [0.15, 0.2) is 0 Å². The van der Waals surface area contributed by atoms with Crippen LogP contribution >= 0.6 is 11.8 Å². The zero-order valence-corrected chi connectivity index (χ0v) is 10.2. The Morgan fingerprint density at radius 3 is 2.47 bits per heavy atom. The predicted octanol–water partition coefficient (Wildman–Crippen LogP) is 2.27. The van der Waals surface area contributed by atoms with Gasteiger partial charge in [0.1, 0.15) is 0 Å². The Kier molecular flexibility index (Phi) is 5.76. The SMILES string of the molecule is CC(C)Sc1ccc(CNCCO)cc1. The normalized spacial score (nSPS) is 10.9. The first kappa shape index (κ1) is 12.6. The summed E-state index contributed by atoms with van der Waals surface area (Å²) < 4.78 is 0. The van der Waals surface area contributed by atoms with Gasteiger partial charge < -0.3 is 10.4 Å². The Morgan fingerprint density at radius 1 is 1.27 bits per heavy atom. The molecule has 84 valence electrons. The lowest BCUT2D eigenvalue weighted by Crippen LogP contribution is -2.17. The summed E-state index contributed by atoms with van der Waals surface area (Å²) in [7, 11) is 0. The van der Waals surface area contributed by atoms with Gasteiger partial charge in [-0.3, -0.25) is 0 Å². The van der Waals surface area contributed by atoms with Crippen molar-refractivity contribution in [3.8, 4) is 0 Å². The molecule has 1 rings (SSSR count). The van der Waals surface area contributed by atoms with E-state index in [4.69, 9.17) is 5.11 Å². The number of benzene rings is 1. The number of aliphatic hydroxyl groups is 1. The van der Waals surface area contributed by atoms with Crippen LogP contribution < -0.4 is 5.32 Å². The van der Waals surface area contributed by atoms with Crippen LogP contribution in [-0.4, -0.2) is 23.5 Å². The molecule has 2 nitrogen and oxygen atoms in total. The zero-order chi connectivity index (χ0) is 11.1. The largest absolute Gasteiger partial charge is 0.395 e. The Morgan fingerprint density at radius 2 is 1.93 bits per heavy atom. The lowest BCUT2D eigenvalue weighted by molar-refractivity contribution is 0.292. The zero-order valence-electron chi connectivity index (χ0n) is 9.36. The molecule has 0 unspecified atom stereocenters. The summed E-state index contributed by atoms with van der Waals surface area (Å²) in [5.74, 6) is 0. The Bertz CT molecular complexity index is 271. The maximum absolute atomic E-state index is 8.62. The molecule has 0 aliphatic heterocycles. The maximum Gasteiger partial charge on any atom is 0.0556 e. The summed E-state index contributed by atoms with van der Waals surface area (Å²) in [6, 6.07) is 8.57. The second-order valence-electron chi connectivity index (χ2n) is 3.71. The van der Waals surface area contributed by atoms with Crippen molar-refractivity contribution >= 4 is 11.8 Å². The van der Waals surface area contributed by atoms with E-state index in [1.807, 2.05) is 11.8 Å². The molecule has 0 atom stereocenters. The number of aliphatic hydroxyl groups excluding tert-OH is 1. The molecule has 0 aliphatic rings. The van der Waals surface area contributed by atoms with Crippen molar-refractivity contribution in [2.75, 3.05) is 13.2 Å². The average molecular weight is 225 g/mol. The summed E-state index contributed by atoms with van der Waals surface area (Å²) >= 11 is 1.88. The van der Waals surface area contributed by atoms with Crippen LogP contribution in [0.3, 0.4) is 0 Å². The van der Waals surface area contributed by atoms with E-state index in [1.54, 1.807) is 0 Å². The molecule has 0 spiro atoms. The highest BCUT2D eigenvalue weighted by atomic mass is 32.2. The molecule has 2 N–H and O–H groups in total. The van der Waals surface area contributed by atoms with E-state index in [2.05, 4.69) is 43.4 Å². The standard InChI is InChI=1S/C12H19NOS/c1-10(2)15-12-5-3-11(4-6-12)9-13-7-8-14/h3-6,10,13-14H,7-9H2,1-2H3. The molecule has 0 heterocycles. The van der Waals surface area contributed by atoms with E-state index in [1.165, 1.54) is 10.5 Å². The summed E-state index contributed by atoms with van der Waals surface area (Å²) in [6.07, 6.45) is 0. The molecule has 0 saturated heterocycles. The van der Waals surface area contributed by atoms with E-state index < -0.39 is 0 Å². The molecule has 0 radical (unpaired) electrons. The van der Waals surface area contributed by atoms with Crippen molar-refractivity contribution in [2.24, 2.45) is 0 Å². The third-order valence-corrected chi connectivity index (χ3v) is 2.93. The van der Waals surface area contributed by atoms with Crippen LogP contribution in [0, 0.1) is 0 Å². The Hall–Kier alpha value is -0.510. The quantitative estimate of drug-likeness (QED) is 0.575. The molecule has 1 aromatic carbocycles. The first-order valence-corrected chi connectivity index (χ1v) is 6.17. The van der Waals surface area contributed by atoms with Crippen molar-refractivity contribution < 1.29 is 5.11 Å². The smallest absolute Gasteiger partial charge is 0.0556 e. The van der Waals surface area contributed by atoms with E-state index >= 15 is 0 Å². The third kappa shape index (κ3) is 5.21. The number of hydrogen-bond donors (Lipinski definition) is 2. The second-order valence-corrected chi connectivity index (χ2v) is 5.36. The van der Waals surface area contributed by atoms with Gasteiger partial charge >= 0.3 is 0 Å². The van der Waals surface area contributed by atoms with Crippen LogP contribution in [0.15, 0.2) is 29.2 Å². The minimum atomic E-state index is 0.196. The first-order valence-electron chi connectivity index (χ1n) is 5.29. The fourth-order valence-electron chi connectivity index (χ4n) is 1.27. The van der Waals surface area contributed by atoms with Crippen molar-refractivity contribution in [1.82, 2.24) is 5.32 Å². The molecule has 1 aromatic rings. The Labute approximate surface area is 96.1 Å². The number of thioether (sulfide) groups is 1. The first-order chi connectivity index (χ1) is 7.22. The van der Waals surface area contributed by atoms with Gasteiger partial charge in [-0.25, -0.2) is 0 Å². The van der Waals surface area contributed by atoms with Crippen LogP contribution in [0.25, 0.3) is 0 Å². The van der Waals surface area contributed by atoms with Gasteiger partial charge in [0.2, 0.25) is 0 Å². The summed E-state index contributed by atoms with van der Waals surface area (Å²) in [5, 5.41) is 12.4. The fraction of sp³-hybridized carbons (Fsp3) is 0.500. The molecule has 0 bridgehead atoms. The van der Waals surface area contributed by atoms with E-state index in [0.717, 1.165) is 6.54 Å². The molecule has 0 fully saturated rings. The number of rotatable bonds is 6. The van der Waals surface area contributed by atoms with Crippen LogP contribution in [0.1, 0.15) is 19.4 Å². The summed E-state index contributed by atoms with van der Waals surface area (Å²) in [5.41, 5.74) is 1.26. The van der Waals surface area contributed by atoms with Crippen LogP contribution in [0.5, 0.6) is 0 Å². The van der Waals surface area contributed by atoms with Gasteiger partial charge in [-0.15, -0.1) is 11.8 Å². The third-order valence-electron chi connectivity index (χ3n) is 1.91. The molecule has 0 aromatic heterocycles. The lowest BCUT2D eigenvalue weighted by Gasteiger charge is -2.06. The van der Waals surface area contributed by atoms with Crippen LogP contribution in [0.2, 0.25) is 0 Å². The van der Waals surface area contributed by atoms with Crippen LogP contribution in [0.4, 0.5) is 0 Å². The minimum absolute atomic E-state index is 0.196. The molecular weight excluding hydrogens is 206 g/mol. The Balaban J connectivity index is 2.42. The van der Waals surface area contributed by atoms with Gasteiger partial charge in [0.05, 0.1) is 6.61 Å². The molecule has 0 amide bonds. The van der Waals surface area contributed by atoms with Gasteiger partial charge in [-0.1, -0.05) is 26.0 Å². The van der Waals surface area contributed by atoms with Crippen molar-refractivity contribution in [1.29, 1.82) is 0 Å². The van der Waals surface area contributed by atoms with Gasteiger partial charge in [0.25, 0.3) is 0 Å². The monoisotopic (exact) mass is 225 g/mol. The van der Waals surface area contributed by atoms with E-state index in [0.29, 0.717) is 11.8 Å². The molecule has 0 aliphatic carbocycles. The van der Waals surface area contributed by atoms with Crippen LogP contribution in [-0.2, 0) is 6.54 Å².